The lowest BCUT2D eigenvalue weighted by atomic mass is 10.1. The van der Waals surface area contributed by atoms with Crippen LogP contribution in [0.15, 0.2) is 79.0 Å². The number of hydrogen-bond donors (Lipinski definition) is 3. The number of rotatable bonds is 6. The zero-order valence-electron chi connectivity index (χ0n) is 20.6. The van der Waals surface area contributed by atoms with Gasteiger partial charge in [-0.3, -0.25) is 9.59 Å². The highest BCUT2D eigenvalue weighted by molar-refractivity contribution is 7.22. The molecule has 3 N–H and O–H groups in total. The summed E-state index contributed by atoms with van der Waals surface area (Å²) < 4.78 is 39.9. The molecule has 0 bridgehead atoms. The number of halogens is 4. The van der Waals surface area contributed by atoms with Crippen LogP contribution >= 0.6 is 22.9 Å². The molecule has 12 heteroatoms. The number of anilines is 4. The van der Waals surface area contributed by atoms with Crippen LogP contribution in [0.1, 0.15) is 31.8 Å². The van der Waals surface area contributed by atoms with Crippen molar-refractivity contribution in [3.63, 3.8) is 0 Å². The lowest BCUT2D eigenvalue weighted by Gasteiger charge is -2.13. The second-order valence-corrected chi connectivity index (χ2v) is 10.1. The zero-order chi connectivity index (χ0) is 28.4. The molecule has 0 aliphatic rings. The fourth-order valence-electron chi connectivity index (χ4n) is 3.79. The summed E-state index contributed by atoms with van der Waals surface area (Å²) in [5.74, 6) is -1.09. The van der Waals surface area contributed by atoms with Crippen molar-refractivity contribution in [2.45, 2.75) is 13.1 Å². The quantitative estimate of drug-likeness (QED) is 0.177. The van der Waals surface area contributed by atoms with Crippen molar-refractivity contribution in [1.29, 1.82) is 0 Å². The fourth-order valence-corrected chi connectivity index (χ4v) is 4.89. The van der Waals surface area contributed by atoms with E-state index < -0.39 is 17.6 Å². The average molecular weight is 582 g/mol. The van der Waals surface area contributed by atoms with Gasteiger partial charge in [-0.1, -0.05) is 35.1 Å². The maximum atomic E-state index is 13.1. The first-order chi connectivity index (χ1) is 19.0. The van der Waals surface area contributed by atoms with Gasteiger partial charge in [0, 0.05) is 34.4 Å². The highest BCUT2D eigenvalue weighted by atomic mass is 35.5. The molecule has 0 radical (unpaired) electrons. The van der Waals surface area contributed by atoms with Crippen molar-refractivity contribution >= 4 is 67.2 Å². The second-order valence-electron chi connectivity index (χ2n) is 8.71. The summed E-state index contributed by atoms with van der Waals surface area (Å²) in [5.41, 5.74) is 2.26. The molecule has 0 atom stereocenters. The first-order valence-corrected chi connectivity index (χ1v) is 12.9. The summed E-state index contributed by atoms with van der Waals surface area (Å²) in [6, 6.07) is 17.5. The molecular weight excluding hydrogens is 563 g/mol. The number of carbonyl (C=O) groups excluding carboxylic acids is 2. The molecule has 202 valence electrons. The topological polar surface area (TPSA) is 96.0 Å². The molecule has 0 saturated carbocycles. The van der Waals surface area contributed by atoms with Crippen LogP contribution in [-0.4, -0.2) is 21.8 Å². The Balaban J connectivity index is 1.30. The molecule has 0 saturated heterocycles. The van der Waals surface area contributed by atoms with Gasteiger partial charge in [0.25, 0.3) is 11.8 Å². The minimum absolute atomic E-state index is 0.139. The molecule has 0 aliphatic heterocycles. The van der Waals surface area contributed by atoms with E-state index in [2.05, 4.69) is 25.9 Å². The molecule has 0 aliphatic carbocycles. The van der Waals surface area contributed by atoms with E-state index >= 15 is 0 Å². The SMILES string of the molecule is Cc1ccc(NC(=O)c2cccc(C(F)(F)F)c2)cc1NC(=O)c1ccc2nc(Nc3ccnc(Cl)c3)sc2c1. The number of nitrogens with zero attached hydrogens (tertiary/aromatic N) is 2. The van der Waals surface area contributed by atoms with Crippen LogP contribution in [0.3, 0.4) is 0 Å². The van der Waals surface area contributed by atoms with Gasteiger partial charge in [-0.15, -0.1) is 0 Å². The number of alkyl halides is 3. The third kappa shape index (κ3) is 6.22. The Kier molecular flexibility index (Phi) is 7.42. The number of pyridine rings is 1. The predicted octanol–water partition coefficient (Wildman–Crippen LogP) is 7.92. The van der Waals surface area contributed by atoms with E-state index in [1.54, 1.807) is 61.7 Å². The van der Waals surface area contributed by atoms with Gasteiger partial charge in [0.15, 0.2) is 5.13 Å². The predicted molar refractivity (Wildman–Crippen MR) is 151 cm³/mol. The first-order valence-electron chi connectivity index (χ1n) is 11.7. The molecule has 40 heavy (non-hydrogen) atoms. The third-order valence-corrected chi connectivity index (χ3v) is 6.96. The van der Waals surface area contributed by atoms with Crippen LogP contribution in [0.2, 0.25) is 5.15 Å². The van der Waals surface area contributed by atoms with E-state index in [-0.39, 0.29) is 11.5 Å². The standard InChI is InChI=1S/C28H19ClF3N5O2S/c1-15-5-7-19(34-25(38)16-3-2-4-18(11-16)28(30,31)32)13-22(15)36-26(39)17-6-8-21-23(12-17)40-27(37-21)35-20-9-10-33-24(29)14-20/h2-14H,1H3,(H,34,38)(H,36,39)(H,33,35,37). The lowest BCUT2D eigenvalue weighted by molar-refractivity contribution is -0.137. The molecule has 5 aromatic rings. The van der Waals surface area contributed by atoms with Gasteiger partial charge in [-0.2, -0.15) is 13.2 Å². The smallest absolute Gasteiger partial charge is 0.331 e. The van der Waals surface area contributed by atoms with Gasteiger partial charge in [0.2, 0.25) is 0 Å². The summed E-state index contributed by atoms with van der Waals surface area (Å²) in [5, 5.41) is 9.55. The Morgan fingerprint density at radius 1 is 0.875 bits per heavy atom. The highest BCUT2D eigenvalue weighted by Gasteiger charge is 2.31. The van der Waals surface area contributed by atoms with Crippen molar-refractivity contribution in [1.82, 2.24) is 9.97 Å². The second kappa shape index (κ2) is 10.9. The van der Waals surface area contributed by atoms with Crippen molar-refractivity contribution in [3.05, 3.63) is 106 Å². The zero-order valence-corrected chi connectivity index (χ0v) is 22.2. The molecule has 2 heterocycles. The van der Waals surface area contributed by atoms with Gasteiger partial charge < -0.3 is 16.0 Å². The number of thiazole rings is 1. The molecule has 7 nitrogen and oxygen atoms in total. The summed E-state index contributed by atoms with van der Waals surface area (Å²) in [4.78, 5) is 34.2. The van der Waals surface area contributed by atoms with E-state index in [0.29, 0.717) is 32.7 Å². The van der Waals surface area contributed by atoms with Gasteiger partial charge in [0.05, 0.1) is 15.8 Å². The summed E-state index contributed by atoms with van der Waals surface area (Å²) in [6.45, 7) is 1.78. The van der Waals surface area contributed by atoms with E-state index in [4.69, 9.17) is 11.6 Å². The van der Waals surface area contributed by atoms with E-state index in [1.165, 1.54) is 23.5 Å². The molecule has 0 unspecified atom stereocenters. The van der Waals surface area contributed by atoms with Crippen LogP contribution < -0.4 is 16.0 Å². The fraction of sp³-hybridized carbons (Fsp3) is 0.0714. The number of aryl methyl sites for hydroxylation is 1. The molecule has 2 aromatic heterocycles. The van der Waals surface area contributed by atoms with E-state index in [0.717, 1.165) is 28.1 Å². The molecule has 0 fully saturated rings. The van der Waals surface area contributed by atoms with Gasteiger partial charge in [-0.05, 0) is 73.2 Å². The van der Waals surface area contributed by atoms with Gasteiger partial charge >= 0.3 is 6.18 Å². The van der Waals surface area contributed by atoms with Crippen LogP contribution in [0, 0.1) is 6.92 Å². The minimum atomic E-state index is -4.56. The minimum Gasteiger partial charge on any atom is -0.331 e. The molecule has 3 aromatic carbocycles. The van der Waals surface area contributed by atoms with Crippen LogP contribution in [0.25, 0.3) is 10.2 Å². The Hall–Kier alpha value is -4.48. The van der Waals surface area contributed by atoms with Crippen LogP contribution in [-0.2, 0) is 6.18 Å². The third-order valence-electron chi connectivity index (χ3n) is 5.82. The Morgan fingerprint density at radius 2 is 1.65 bits per heavy atom. The highest BCUT2D eigenvalue weighted by Crippen LogP contribution is 2.31. The van der Waals surface area contributed by atoms with Crippen LogP contribution in [0.4, 0.5) is 35.4 Å². The van der Waals surface area contributed by atoms with Crippen molar-refractivity contribution < 1.29 is 22.8 Å². The Labute approximate surface area is 235 Å². The number of hydrogen-bond acceptors (Lipinski definition) is 6. The first kappa shape index (κ1) is 27.1. The maximum absolute atomic E-state index is 13.1. The molecule has 0 spiro atoms. The lowest BCUT2D eigenvalue weighted by Crippen LogP contribution is -2.15. The van der Waals surface area contributed by atoms with Crippen molar-refractivity contribution in [2.24, 2.45) is 0 Å². The monoisotopic (exact) mass is 581 g/mol. The maximum Gasteiger partial charge on any atom is 0.416 e. The molecule has 5 rings (SSSR count). The van der Waals surface area contributed by atoms with Gasteiger partial charge in [-0.25, -0.2) is 9.97 Å². The number of amides is 2. The number of fused-ring (bicyclic) bond motifs is 1. The van der Waals surface area contributed by atoms with E-state index in [1.807, 2.05) is 0 Å². The number of nitrogens with one attached hydrogen (secondary N) is 3. The Morgan fingerprint density at radius 3 is 2.42 bits per heavy atom. The summed E-state index contributed by atoms with van der Waals surface area (Å²) in [7, 11) is 0. The summed E-state index contributed by atoms with van der Waals surface area (Å²) in [6.07, 6.45) is -2.99. The van der Waals surface area contributed by atoms with Gasteiger partial charge in [0.1, 0.15) is 5.15 Å². The average Bonchev–Trinajstić information content (AvgIpc) is 3.31. The number of benzene rings is 3. The largest absolute Gasteiger partial charge is 0.416 e. The van der Waals surface area contributed by atoms with E-state index in [9.17, 15) is 22.8 Å². The normalized spacial score (nSPS) is 11.3. The number of carbonyl (C=O) groups is 2. The Bertz CT molecular complexity index is 1760. The number of aromatic nitrogens is 2. The van der Waals surface area contributed by atoms with Crippen LogP contribution in [0.5, 0.6) is 0 Å². The molecular formula is C28H19ClF3N5O2S. The molecule has 2 amide bonds. The van der Waals surface area contributed by atoms with Crippen molar-refractivity contribution in [2.75, 3.05) is 16.0 Å². The van der Waals surface area contributed by atoms with Crippen molar-refractivity contribution in [3.8, 4) is 0 Å². The summed E-state index contributed by atoms with van der Waals surface area (Å²) >= 11 is 7.30.